The lowest BCUT2D eigenvalue weighted by Gasteiger charge is -2.19. The molecule has 1 N–H and O–H groups in total. The second-order valence-electron chi connectivity index (χ2n) is 9.95. The summed E-state index contributed by atoms with van der Waals surface area (Å²) >= 11 is 0. The minimum Gasteiger partial charge on any atom is -0.294 e. The number of tetrazole rings is 1. The maximum atomic E-state index is 13.3. The monoisotopic (exact) mass is 444 g/mol. The van der Waals surface area contributed by atoms with E-state index in [0.717, 1.165) is 40.8 Å². The van der Waals surface area contributed by atoms with E-state index in [9.17, 15) is 4.79 Å². The summed E-state index contributed by atoms with van der Waals surface area (Å²) in [7, 11) is 0. The van der Waals surface area contributed by atoms with E-state index in [1.54, 1.807) is 0 Å². The SMILES string of the molecule is CC(C)CCc1cn(C(C)(C)C)c(=O)n1Cc1ccc(-c2ccccc2-c2nnn[nH]2)cc1. The van der Waals surface area contributed by atoms with Crippen LogP contribution in [0.5, 0.6) is 0 Å². The third-order valence-corrected chi connectivity index (χ3v) is 5.90. The molecule has 0 aliphatic heterocycles. The molecule has 0 aliphatic rings. The van der Waals surface area contributed by atoms with Crippen LogP contribution in [0.3, 0.4) is 0 Å². The van der Waals surface area contributed by atoms with E-state index in [-0.39, 0.29) is 11.2 Å². The van der Waals surface area contributed by atoms with Gasteiger partial charge in [0, 0.05) is 23.0 Å². The van der Waals surface area contributed by atoms with E-state index in [4.69, 9.17) is 0 Å². The average Bonchev–Trinajstić information content (AvgIpc) is 3.42. The third-order valence-electron chi connectivity index (χ3n) is 5.90. The largest absolute Gasteiger partial charge is 0.329 e. The molecule has 0 unspecified atom stereocenters. The summed E-state index contributed by atoms with van der Waals surface area (Å²) in [5.41, 5.74) is 5.06. The first-order valence-electron chi connectivity index (χ1n) is 11.5. The molecule has 0 aliphatic carbocycles. The molecular formula is C26H32N6O. The fraction of sp³-hybridized carbons (Fsp3) is 0.385. The predicted octanol–water partition coefficient (Wildman–Crippen LogP) is 4.89. The normalized spacial score (nSPS) is 11.9. The van der Waals surface area contributed by atoms with Crippen molar-refractivity contribution in [2.45, 2.75) is 59.5 Å². The van der Waals surface area contributed by atoms with Crippen LogP contribution in [0.1, 0.15) is 52.3 Å². The van der Waals surface area contributed by atoms with E-state index in [1.165, 1.54) is 0 Å². The zero-order chi connectivity index (χ0) is 23.6. The van der Waals surface area contributed by atoms with Crippen molar-refractivity contribution in [1.29, 1.82) is 0 Å². The maximum absolute atomic E-state index is 13.3. The molecule has 0 radical (unpaired) electrons. The highest BCUT2D eigenvalue weighted by atomic mass is 16.1. The lowest BCUT2D eigenvalue weighted by Crippen LogP contribution is -2.34. The number of nitrogens with one attached hydrogen (secondary N) is 1. The van der Waals surface area contributed by atoms with Gasteiger partial charge in [-0.25, -0.2) is 9.89 Å². The number of H-pyrrole nitrogens is 1. The Balaban J connectivity index is 1.64. The summed E-state index contributed by atoms with van der Waals surface area (Å²) in [5.74, 6) is 1.23. The molecule has 2 heterocycles. The second-order valence-corrected chi connectivity index (χ2v) is 9.95. The average molecular weight is 445 g/mol. The van der Waals surface area contributed by atoms with E-state index < -0.39 is 0 Å². The van der Waals surface area contributed by atoms with Gasteiger partial charge in [-0.05, 0) is 66.6 Å². The summed E-state index contributed by atoms with van der Waals surface area (Å²) in [6.07, 6.45) is 3.99. The number of aryl methyl sites for hydroxylation is 1. The molecular weight excluding hydrogens is 412 g/mol. The molecule has 7 heteroatoms. The van der Waals surface area contributed by atoms with E-state index in [0.29, 0.717) is 18.3 Å². The van der Waals surface area contributed by atoms with Crippen LogP contribution in [0.25, 0.3) is 22.5 Å². The molecule has 2 aromatic heterocycles. The van der Waals surface area contributed by atoms with Gasteiger partial charge in [0.25, 0.3) is 0 Å². The number of hydrogen-bond donors (Lipinski definition) is 1. The van der Waals surface area contributed by atoms with Gasteiger partial charge in [-0.3, -0.25) is 9.13 Å². The number of aromatic nitrogens is 6. The molecule has 2 aromatic carbocycles. The molecule has 33 heavy (non-hydrogen) atoms. The molecule has 0 saturated heterocycles. The van der Waals surface area contributed by atoms with Gasteiger partial charge < -0.3 is 0 Å². The molecule has 0 fully saturated rings. The maximum Gasteiger partial charge on any atom is 0.329 e. The Morgan fingerprint density at radius 1 is 1.00 bits per heavy atom. The number of aromatic amines is 1. The summed E-state index contributed by atoms with van der Waals surface area (Å²) in [4.78, 5) is 13.3. The van der Waals surface area contributed by atoms with Gasteiger partial charge in [0.1, 0.15) is 0 Å². The highest BCUT2D eigenvalue weighted by Gasteiger charge is 2.21. The Bertz CT molecular complexity index is 1260. The van der Waals surface area contributed by atoms with Crippen LogP contribution < -0.4 is 5.69 Å². The van der Waals surface area contributed by atoms with Crippen LogP contribution in [-0.2, 0) is 18.5 Å². The zero-order valence-corrected chi connectivity index (χ0v) is 20.0. The Labute approximate surface area is 194 Å². The van der Waals surface area contributed by atoms with Gasteiger partial charge in [-0.1, -0.05) is 62.4 Å². The van der Waals surface area contributed by atoms with Crippen molar-refractivity contribution in [3.8, 4) is 22.5 Å². The van der Waals surface area contributed by atoms with E-state index in [2.05, 4.69) is 85.6 Å². The molecule has 0 saturated carbocycles. The highest BCUT2D eigenvalue weighted by molar-refractivity contribution is 5.80. The summed E-state index contributed by atoms with van der Waals surface area (Å²) in [5, 5.41) is 14.3. The number of hydrogen-bond acceptors (Lipinski definition) is 4. The number of rotatable bonds is 7. The number of benzene rings is 2. The lowest BCUT2D eigenvalue weighted by atomic mass is 9.98. The fourth-order valence-electron chi connectivity index (χ4n) is 4.00. The van der Waals surface area contributed by atoms with Crippen LogP contribution in [0.15, 0.2) is 59.5 Å². The topological polar surface area (TPSA) is 81.4 Å². The molecule has 7 nitrogen and oxygen atoms in total. The van der Waals surface area contributed by atoms with Crippen molar-refractivity contribution in [3.63, 3.8) is 0 Å². The predicted molar refractivity (Wildman–Crippen MR) is 131 cm³/mol. The van der Waals surface area contributed by atoms with Crippen molar-refractivity contribution >= 4 is 0 Å². The first-order valence-corrected chi connectivity index (χ1v) is 11.5. The van der Waals surface area contributed by atoms with Crippen molar-refractivity contribution in [2.75, 3.05) is 0 Å². The molecule has 4 rings (SSSR count). The lowest BCUT2D eigenvalue weighted by molar-refractivity contribution is 0.380. The van der Waals surface area contributed by atoms with Gasteiger partial charge >= 0.3 is 5.69 Å². The number of imidazole rings is 1. The van der Waals surface area contributed by atoms with Gasteiger partial charge in [0.2, 0.25) is 0 Å². The Kier molecular flexibility index (Phi) is 6.31. The molecule has 0 bridgehead atoms. The minimum absolute atomic E-state index is 0.0495. The van der Waals surface area contributed by atoms with Gasteiger partial charge in [0.05, 0.1) is 6.54 Å². The van der Waals surface area contributed by atoms with E-state index >= 15 is 0 Å². The zero-order valence-electron chi connectivity index (χ0n) is 20.0. The molecule has 4 aromatic rings. The number of nitrogens with zero attached hydrogens (tertiary/aromatic N) is 5. The summed E-state index contributed by atoms with van der Waals surface area (Å²) in [6, 6.07) is 16.4. The van der Waals surface area contributed by atoms with Gasteiger partial charge in [-0.2, -0.15) is 0 Å². The second kappa shape index (κ2) is 9.17. The third kappa shape index (κ3) is 4.97. The Hall–Kier alpha value is -3.48. The first kappa shape index (κ1) is 22.7. The van der Waals surface area contributed by atoms with Crippen molar-refractivity contribution < 1.29 is 0 Å². The molecule has 0 spiro atoms. The van der Waals surface area contributed by atoms with Gasteiger partial charge in [0.15, 0.2) is 5.82 Å². The highest BCUT2D eigenvalue weighted by Crippen LogP contribution is 2.30. The Morgan fingerprint density at radius 3 is 2.30 bits per heavy atom. The molecule has 0 atom stereocenters. The van der Waals surface area contributed by atoms with Crippen LogP contribution in [0.2, 0.25) is 0 Å². The van der Waals surface area contributed by atoms with Crippen LogP contribution in [-0.4, -0.2) is 29.8 Å². The fourth-order valence-corrected chi connectivity index (χ4v) is 4.00. The van der Waals surface area contributed by atoms with E-state index in [1.807, 2.05) is 33.5 Å². The van der Waals surface area contributed by atoms with Crippen molar-refractivity contribution in [1.82, 2.24) is 29.8 Å². The quantitative estimate of drug-likeness (QED) is 0.440. The minimum atomic E-state index is -0.252. The first-order chi connectivity index (χ1) is 15.7. The Morgan fingerprint density at radius 2 is 1.70 bits per heavy atom. The van der Waals surface area contributed by atoms with Crippen LogP contribution in [0.4, 0.5) is 0 Å². The van der Waals surface area contributed by atoms with Crippen LogP contribution in [0, 0.1) is 5.92 Å². The van der Waals surface area contributed by atoms with Crippen molar-refractivity contribution in [2.24, 2.45) is 5.92 Å². The van der Waals surface area contributed by atoms with Crippen LogP contribution >= 0.6 is 0 Å². The van der Waals surface area contributed by atoms with Gasteiger partial charge in [-0.15, -0.1) is 5.10 Å². The summed E-state index contributed by atoms with van der Waals surface area (Å²) < 4.78 is 3.79. The van der Waals surface area contributed by atoms with Crippen molar-refractivity contribution in [3.05, 3.63) is 76.5 Å². The summed E-state index contributed by atoms with van der Waals surface area (Å²) in [6.45, 7) is 11.2. The standard InChI is InChI=1S/C26H32N6O/c1-18(2)10-15-21-17-32(26(3,4)5)25(33)31(21)16-19-11-13-20(14-12-19)22-8-6-7-9-23(22)24-27-29-30-28-24/h6-9,11-14,17-18H,10,15-16H2,1-5H3,(H,27,28,29,30). The molecule has 172 valence electrons. The smallest absolute Gasteiger partial charge is 0.294 e. The molecule has 0 amide bonds.